The van der Waals surface area contributed by atoms with Gasteiger partial charge in [0, 0.05) is 10.0 Å². The standard InChI is InChI=1S/C16H17Br2N3O4/c1-4-7-25-15-10(23-5-2)8-9(11(17)12(15)18)13-14(20-21-19-13)16(22)24-6-3/h4,8H,1,5-7H2,2-3H3,(H,19,20,21). The van der Waals surface area contributed by atoms with Crippen molar-refractivity contribution in [3.63, 3.8) is 0 Å². The van der Waals surface area contributed by atoms with Crippen LogP contribution in [0.5, 0.6) is 11.5 Å². The van der Waals surface area contributed by atoms with Crippen LogP contribution in [-0.4, -0.2) is 41.2 Å². The molecule has 0 radical (unpaired) electrons. The molecule has 2 rings (SSSR count). The molecule has 0 saturated heterocycles. The molecule has 1 aromatic heterocycles. The third-order valence-corrected chi connectivity index (χ3v) is 5.16. The van der Waals surface area contributed by atoms with Crippen molar-refractivity contribution in [1.29, 1.82) is 0 Å². The van der Waals surface area contributed by atoms with Crippen molar-refractivity contribution in [2.24, 2.45) is 0 Å². The first kappa shape index (κ1) is 19.5. The highest BCUT2D eigenvalue weighted by molar-refractivity contribution is 9.13. The molecule has 0 aliphatic heterocycles. The summed E-state index contributed by atoms with van der Waals surface area (Å²) in [6.07, 6.45) is 1.64. The van der Waals surface area contributed by atoms with E-state index in [1.165, 1.54) is 0 Å². The van der Waals surface area contributed by atoms with Gasteiger partial charge in [-0.1, -0.05) is 12.7 Å². The summed E-state index contributed by atoms with van der Waals surface area (Å²) in [5.74, 6) is 0.477. The topological polar surface area (TPSA) is 86.3 Å². The van der Waals surface area contributed by atoms with Gasteiger partial charge in [0.05, 0.1) is 17.7 Å². The minimum atomic E-state index is -0.556. The smallest absolute Gasteiger partial charge is 0.361 e. The van der Waals surface area contributed by atoms with E-state index in [2.05, 4.69) is 53.8 Å². The number of H-pyrrole nitrogens is 1. The number of hydrogen-bond acceptors (Lipinski definition) is 6. The Morgan fingerprint density at radius 1 is 1.24 bits per heavy atom. The van der Waals surface area contributed by atoms with Crippen LogP contribution in [0.25, 0.3) is 11.3 Å². The molecule has 0 fully saturated rings. The van der Waals surface area contributed by atoms with Gasteiger partial charge in [0.25, 0.3) is 0 Å². The van der Waals surface area contributed by atoms with Crippen molar-refractivity contribution in [3.8, 4) is 22.8 Å². The number of esters is 1. The van der Waals surface area contributed by atoms with E-state index >= 15 is 0 Å². The van der Waals surface area contributed by atoms with E-state index in [0.29, 0.717) is 44.9 Å². The monoisotopic (exact) mass is 473 g/mol. The van der Waals surface area contributed by atoms with Crippen molar-refractivity contribution < 1.29 is 19.0 Å². The van der Waals surface area contributed by atoms with Gasteiger partial charge in [-0.3, -0.25) is 0 Å². The molecule has 1 heterocycles. The van der Waals surface area contributed by atoms with Crippen LogP contribution < -0.4 is 9.47 Å². The Kier molecular flexibility index (Phi) is 7.01. The molecule has 134 valence electrons. The van der Waals surface area contributed by atoms with Crippen LogP contribution >= 0.6 is 31.9 Å². The minimum absolute atomic E-state index is 0.0941. The van der Waals surface area contributed by atoms with Crippen LogP contribution in [0.4, 0.5) is 0 Å². The first-order valence-electron chi connectivity index (χ1n) is 7.51. The van der Waals surface area contributed by atoms with Crippen molar-refractivity contribution in [3.05, 3.63) is 33.4 Å². The molecule has 0 amide bonds. The molecule has 1 N–H and O–H groups in total. The number of benzene rings is 1. The summed E-state index contributed by atoms with van der Waals surface area (Å²) >= 11 is 7.01. The zero-order valence-electron chi connectivity index (χ0n) is 13.8. The number of hydrogen-bond donors (Lipinski definition) is 1. The third-order valence-electron chi connectivity index (χ3n) is 3.04. The molecule has 0 aliphatic carbocycles. The SMILES string of the molecule is C=CCOc1c(OCC)cc(-c2n[nH]nc2C(=O)OCC)c(Br)c1Br. The molecule has 0 saturated carbocycles. The quantitative estimate of drug-likeness (QED) is 0.457. The summed E-state index contributed by atoms with van der Waals surface area (Å²) in [7, 11) is 0. The molecule has 1 aromatic carbocycles. The number of halogens is 2. The van der Waals surface area contributed by atoms with E-state index in [9.17, 15) is 4.79 Å². The van der Waals surface area contributed by atoms with Crippen molar-refractivity contribution in [2.75, 3.05) is 19.8 Å². The Morgan fingerprint density at radius 3 is 2.64 bits per heavy atom. The van der Waals surface area contributed by atoms with Gasteiger partial charge in [-0.15, -0.1) is 5.10 Å². The fourth-order valence-electron chi connectivity index (χ4n) is 2.06. The lowest BCUT2D eigenvalue weighted by Gasteiger charge is -2.16. The average molecular weight is 475 g/mol. The highest BCUT2D eigenvalue weighted by atomic mass is 79.9. The molecule has 2 aromatic rings. The molecule has 0 spiro atoms. The Balaban J connectivity index is 2.58. The Morgan fingerprint density at radius 2 is 2.00 bits per heavy atom. The van der Waals surface area contributed by atoms with E-state index in [1.54, 1.807) is 19.1 Å². The number of carbonyl (C=O) groups excluding carboxylic acids is 1. The molecule has 25 heavy (non-hydrogen) atoms. The van der Waals surface area contributed by atoms with Gasteiger partial charge in [-0.25, -0.2) is 4.79 Å². The van der Waals surface area contributed by atoms with Crippen LogP contribution in [0.1, 0.15) is 24.3 Å². The lowest BCUT2D eigenvalue weighted by Crippen LogP contribution is -2.07. The number of aromatic amines is 1. The van der Waals surface area contributed by atoms with Gasteiger partial charge in [-0.2, -0.15) is 10.3 Å². The summed E-state index contributed by atoms with van der Waals surface area (Å²) < 4.78 is 17.7. The van der Waals surface area contributed by atoms with Crippen LogP contribution in [0.3, 0.4) is 0 Å². The second-order valence-electron chi connectivity index (χ2n) is 4.65. The predicted octanol–water partition coefficient (Wildman–Crippen LogP) is 4.14. The normalized spacial score (nSPS) is 10.4. The van der Waals surface area contributed by atoms with Gasteiger partial charge in [0.2, 0.25) is 0 Å². The number of rotatable bonds is 8. The zero-order chi connectivity index (χ0) is 18.4. The summed E-state index contributed by atoms with van der Waals surface area (Å²) in [5, 5.41) is 10.4. The van der Waals surface area contributed by atoms with E-state index < -0.39 is 5.97 Å². The molecule has 0 bridgehead atoms. The molecule has 9 heteroatoms. The second-order valence-corrected chi connectivity index (χ2v) is 6.24. The van der Waals surface area contributed by atoms with E-state index in [-0.39, 0.29) is 12.3 Å². The predicted molar refractivity (Wildman–Crippen MR) is 100 cm³/mol. The highest BCUT2D eigenvalue weighted by Crippen LogP contribution is 2.46. The van der Waals surface area contributed by atoms with Crippen LogP contribution in [0.15, 0.2) is 27.7 Å². The maximum atomic E-state index is 12.1. The molecular formula is C16H17Br2N3O4. The Bertz CT molecular complexity index is 777. The van der Waals surface area contributed by atoms with E-state index in [4.69, 9.17) is 14.2 Å². The number of carbonyl (C=O) groups is 1. The summed E-state index contributed by atoms with van der Waals surface area (Å²) in [6, 6.07) is 1.73. The first-order valence-corrected chi connectivity index (χ1v) is 9.10. The average Bonchev–Trinajstić information content (AvgIpc) is 3.07. The van der Waals surface area contributed by atoms with Crippen molar-refractivity contribution in [2.45, 2.75) is 13.8 Å². The maximum Gasteiger partial charge on any atom is 0.361 e. The number of nitrogens with zero attached hydrogens (tertiary/aromatic N) is 2. The largest absolute Gasteiger partial charge is 0.490 e. The maximum absolute atomic E-state index is 12.1. The second kappa shape index (κ2) is 9.00. The molecule has 7 nitrogen and oxygen atoms in total. The molecular weight excluding hydrogens is 458 g/mol. The lowest BCUT2D eigenvalue weighted by atomic mass is 10.1. The minimum Gasteiger partial charge on any atom is -0.490 e. The summed E-state index contributed by atoms with van der Waals surface area (Å²) in [4.78, 5) is 12.1. The zero-order valence-corrected chi connectivity index (χ0v) is 16.9. The number of ether oxygens (including phenoxy) is 3. The van der Waals surface area contributed by atoms with Crippen molar-refractivity contribution in [1.82, 2.24) is 15.4 Å². The van der Waals surface area contributed by atoms with Gasteiger partial charge >= 0.3 is 5.97 Å². The third kappa shape index (κ3) is 4.21. The first-order chi connectivity index (χ1) is 12.0. The van der Waals surface area contributed by atoms with Crippen LogP contribution in [-0.2, 0) is 4.74 Å². The Labute approximate surface area is 162 Å². The molecule has 0 atom stereocenters. The van der Waals surface area contributed by atoms with Crippen LogP contribution in [0.2, 0.25) is 0 Å². The van der Waals surface area contributed by atoms with E-state index in [0.717, 1.165) is 0 Å². The van der Waals surface area contributed by atoms with Gasteiger partial charge in [-0.05, 0) is 51.8 Å². The molecule has 0 aliphatic rings. The van der Waals surface area contributed by atoms with Gasteiger partial charge < -0.3 is 14.2 Å². The van der Waals surface area contributed by atoms with Gasteiger partial charge in [0.1, 0.15) is 12.3 Å². The van der Waals surface area contributed by atoms with Crippen LogP contribution in [0, 0.1) is 0 Å². The number of nitrogens with one attached hydrogen (secondary N) is 1. The lowest BCUT2D eigenvalue weighted by molar-refractivity contribution is 0.0520. The van der Waals surface area contributed by atoms with Crippen molar-refractivity contribution >= 4 is 37.8 Å². The fourth-order valence-corrected chi connectivity index (χ4v) is 3.06. The summed E-state index contributed by atoms with van der Waals surface area (Å²) in [6.45, 7) is 8.25. The summed E-state index contributed by atoms with van der Waals surface area (Å²) in [5.41, 5.74) is 1.05. The van der Waals surface area contributed by atoms with E-state index in [1.807, 2.05) is 6.92 Å². The van der Waals surface area contributed by atoms with Gasteiger partial charge in [0.15, 0.2) is 17.2 Å². The fraction of sp³-hybridized carbons (Fsp3) is 0.312. The molecule has 0 unspecified atom stereocenters. The number of aromatic nitrogens is 3. The Hall–Kier alpha value is -1.87. The highest BCUT2D eigenvalue weighted by Gasteiger charge is 2.25.